The average molecular weight is 726 g/mol. The van der Waals surface area contributed by atoms with Crippen LogP contribution < -0.4 is 10.6 Å². The number of nitrogens with zero attached hydrogens (tertiary/aromatic N) is 3. The van der Waals surface area contributed by atoms with E-state index in [1.165, 1.54) is 12.1 Å². The normalized spacial score (nSPS) is 10.8. The number of rotatable bonds is 13. The Hall–Kier alpha value is -6.24. The van der Waals surface area contributed by atoms with Gasteiger partial charge in [-0.25, -0.2) is 8.78 Å². The monoisotopic (exact) mass is 725 g/mol. The minimum atomic E-state index is -0.537. The molecule has 264 valence electrons. The van der Waals surface area contributed by atoms with Crippen molar-refractivity contribution in [3.63, 3.8) is 0 Å². The van der Waals surface area contributed by atoms with Gasteiger partial charge >= 0.3 is 0 Å². The number of nitriles is 1. The Morgan fingerprint density at radius 2 is 1.30 bits per heavy atom. The molecule has 0 aliphatic heterocycles. The minimum absolute atomic E-state index is 0.00417. The summed E-state index contributed by atoms with van der Waals surface area (Å²) in [6.07, 6.45) is 8.07. The third-order valence-corrected chi connectivity index (χ3v) is 8.98. The first-order valence-electron chi connectivity index (χ1n) is 17.1. The minimum Gasteiger partial charge on any atom is -0.325 e. The van der Waals surface area contributed by atoms with Crippen LogP contribution in [-0.4, -0.2) is 21.8 Å². The number of benzene rings is 4. The lowest BCUT2D eigenvalue weighted by molar-refractivity contribution is -0.117. The van der Waals surface area contributed by atoms with E-state index in [1.54, 1.807) is 61.1 Å². The Balaban J connectivity index is 1.00. The second-order valence-electron chi connectivity index (χ2n) is 12.5. The third kappa shape index (κ3) is 9.56. The zero-order chi connectivity index (χ0) is 37.2. The SMILES string of the molecule is N#Cc1cccc(-c2ccc(CCCC(=O)Nc3ccc(-c4cc(Cl)c(F)c(-c5ccc(CCCC(=O)Nc6cccnc6)cc5)c4)nc3)cc2)c1F. The first-order chi connectivity index (χ1) is 25.8. The van der Waals surface area contributed by atoms with E-state index >= 15 is 4.39 Å². The molecule has 2 aromatic heterocycles. The van der Waals surface area contributed by atoms with Crippen molar-refractivity contribution in [2.24, 2.45) is 0 Å². The fraction of sp³-hybridized carbons (Fsp3) is 0.140. The number of halogens is 3. The number of pyridine rings is 2. The summed E-state index contributed by atoms with van der Waals surface area (Å²) in [5.74, 6) is -1.31. The van der Waals surface area contributed by atoms with Crippen molar-refractivity contribution in [3.05, 3.63) is 155 Å². The molecule has 7 nitrogen and oxygen atoms in total. The van der Waals surface area contributed by atoms with Crippen LogP contribution in [0.2, 0.25) is 5.02 Å². The van der Waals surface area contributed by atoms with Gasteiger partial charge < -0.3 is 10.6 Å². The number of aryl methyl sites for hydroxylation is 2. The fourth-order valence-corrected chi connectivity index (χ4v) is 6.14. The number of aromatic nitrogens is 2. The Bertz CT molecular complexity index is 2260. The van der Waals surface area contributed by atoms with Gasteiger partial charge in [0.1, 0.15) is 17.7 Å². The van der Waals surface area contributed by atoms with Crippen LogP contribution in [0.15, 0.2) is 122 Å². The Labute approximate surface area is 311 Å². The largest absolute Gasteiger partial charge is 0.325 e. The van der Waals surface area contributed by atoms with Crippen LogP contribution in [0.25, 0.3) is 33.5 Å². The second-order valence-corrected chi connectivity index (χ2v) is 12.9. The summed E-state index contributed by atoms with van der Waals surface area (Å²) in [4.78, 5) is 33.4. The second kappa shape index (κ2) is 17.3. The molecule has 0 saturated heterocycles. The van der Waals surface area contributed by atoms with Gasteiger partial charge in [0.05, 0.1) is 40.0 Å². The number of nitrogens with one attached hydrogen (secondary N) is 2. The summed E-state index contributed by atoms with van der Waals surface area (Å²) in [5, 5.41) is 14.8. The van der Waals surface area contributed by atoms with E-state index in [0.717, 1.165) is 11.1 Å². The fourth-order valence-electron chi connectivity index (χ4n) is 5.92. The molecule has 0 aliphatic rings. The molecule has 0 fully saturated rings. The Morgan fingerprint density at radius 1 is 0.679 bits per heavy atom. The van der Waals surface area contributed by atoms with Crippen molar-refractivity contribution >= 4 is 34.8 Å². The maximum absolute atomic E-state index is 15.2. The van der Waals surface area contributed by atoms with E-state index in [-0.39, 0.29) is 22.4 Å². The van der Waals surface area contributed by atoms with Gasteiger partial charge in [-0.15, -0.1) is 0 Å². The molecule has 0 radical (unpaired) electrons. The molecule has 0 atom stereocenters. The molecule has 0 spiro atoms. The first kappa shape index (κ1) is 36.5. The van der Waals surface area contributed by atoms with E-state index in [1.807, 2.05) is 54.6 Å². The number of carbonyl (C=O) groups is 2. The lowest BCUT2D eigenvalue weighted by atomic mass is 9.98. The van der Waals surface area contributed by atoms with Crippen LogP contribution in [-0.2, 0) is 22.4 Å². The van der Waals surface area contributed by atoms with Crippen LogP contribution in [0.4, 0.5) is 20.2 Å². The summed E-state index contributed by atoms with van der Waals surface area (Å²) in [6.45, 7) is 0. The van der Waals surface area contributed by atoms with E-state index in [4.69, 9.17) is 16.9 Å². The average Bonchev–Trinajstić information content (AvgIpc) is 3.17. The molecule has 10 heteroatoms. The summed E-state index contributed by atoms with van der Waals surface area (Å²) in [7, 11) is 0. The number of anilines is 2. The van der Waals surface area contributed by atoms with Gasteiger partial charge in [-0.1, -0.05) is 72.3 Å². The Kier molecular flexibility index (Phi) is 11.9. The van der Waals surface area contributed by atoms with Crippen molar-refractivity contribution in [3.8, 4) is 39.6 Å². The summed E-state index contributed by atoms with van der Waals surface area (Å²) in [6, 6.07) is 31.8. The molecule has 2 N–H and O–H groups in total. The quantitative estimate of drug-likeness (QED) is 0.123. The summed E-state index contributed by atoms with van der Waals surface area (Å²) >= 11 is 6.33. The van der Waals surface area contributed by atoms with Gasteiger partial charge in [0.2, 0.25) is 11.8 Å². The summed E-state index contributed by atoms with van der Waals surface area (Å²) in [5.41, 5.74) is 6.47. The highest BCUT2D eigenvalue weighted by Crippen LogP contribution is 2.34. The van der Waals surface area contributed by atoms with Crippen molar-refractivity contribution in [1.29, 1.82) is 5.26 Å². The highest BCUT2D eigenvalue weighted by molar-refractivity contribution is 6.31. The van der Waals surface area contributed by atoms with Gasteiger partial charge in [-0.05, 0) is 90.4 Å². The number of hydrogen-bond donors (Lipinski definition) is 2. The number of amides is 2. The zero-order valence-corrected chi connectivity index (χ0v) is 29.3. The van der Waals surface area contributed by atoms with Gasteiger partial charge in [0.25, 0.3) is 0 Å². The molecule has 2 amide bonds. The van der Waals surface area contributed by atoms with Crippen LogP contribution in [0, 0.1) is 23.0 Å². The number of carbonyl (C=O) groups excluding carboxylic acids is 2. The van der Waals surface area contributed by atoms with E-state index < -0.39 is 11.6 Å². The lowest BCUT2D eigenvalue weighted by Gasteiger charge is -2.11. The molecule has 6 aromatic rings. The predicted molar refractivity (Wildman–Crippen MR) is 204 cm³/mol. The smallest absolute Gasteiger partial charge is 0.224 e. The van der Waals surface area contributed by atoms with Gasteiger partial charge in [0.15, 0.2) is 0 Å². The van der Waals surface area contributed by atoms with Crippen LogP contribution in [0.1, 0.15) is 42.4 Å². The zero-order valence-electron chi connectivity index (χ0n) is 28.6. The molecular formula is C43H34ClF2N5O2. The highest BCUT2D eigenvalue weighted by Gasteiger charge is 2.15. The highest BCUT2D eigenvalue weighted by atomic mass is 35.5. The van der Waals surface area contributed by atoms with Crippen molar-refractivity contribution in [2.75, 3.05) is 10.6 Å². The van der Waals surface area contributed by atoms with E-state index in [0.29, 0.717) is 83.4 Å². The number of hydrogen-bond acceptors (Lipinski definition) is 5. The molecule has 2 heterocycles. The van der Waals surface area contributed by atoms with E-state index in [9.17, 15) is 14.0 Å². The molecule has 6 rings (SSSR count). The van der Waals surface area contributed by atoms with Crippen LogP contribution in [0.5, 0.6) is 0 Å². The van der Waals surface area contributed by atoms with Crippen molar-refractivity contribution in [2.45, 2.75) is 38.5 Å². The maximum Gasteiger partial charge on any atom is 0.224 e. The first-order valence-corrected chi connectivity index (χ1v) is 17.5. The molecular weight excluding hydrogens is 692 g/mol. The Morgan fingerprint density at radius 3 is 1.87 bits per heavy atom. The standard InChI is InChI=1S/C43H34ClF2N5O2/c44-38-24-33(23-37(43(38)46)31-18-14-29(15-19-31)6-1-10-40(52)50-34-8-4-22-48-26-34)39-21-20-35(27-49-39)51-41(53)11-2-5-28-12-16-30(17-13-28)36-9-3-7-32(25-47)42(36)45/h3-4,7-9,12-24,26-27H,1-2,5-6,10-11H2,(H,50,52)(H,51,53). The van der Waals surface area contributed by atoms with Crippen LogP contribution >= 0.6 is 11.6 Å². The maximum atomic E-state index is 15.2. The van der Waals surface area contributed by atoms with Crippen molar-refractivity contribution < 1.29 is 18.4 Å². The lowest BCUT2D eigenvalue weighted by Crippen LogP contribution is -2.11. The molecule has 53 heavy (non-hydrogen) atoms. The molecule has 0 saturated carbocycles. The van der Waals surface area contributed by atoms with Gasteiger partial charge in [0, 0.05) is 35.7 Å². The molecule has 0 unspecified atom stereocenters. The van der Waals surface area contributed by atoms with E-state index in [2.05, 4.69) is 20.6 Å². The van der Waals surface area contributed by atoms with Gasteiger partial charge in [-0.3, -0.25) is 19.6 Å². The van der Waals surface area contributed by atoms with Gasteiger partial charge in [-0.2, -0.15) is 5.26 Å². The topological polar surface area (TPSA) is 108 Å². The molecule has 4 aromatic carbocycles. The van der Waals surface area contributed by atoms with Crippen molar-refractivity contribution in [1.82, 2.24) is 9.97 Å². The molecule has 0 bridgehead atoms. The third-order valence-electron chi connectivity index (χ3n) is 8.70. The van der Waals surface area contributed by atoms with Crippen LogP contribution in [0.3, 0.4) is 0 Å². The summed E-state index contributed by atoms with van der Waals surface area (Å²) < 4.78 is 29.8. The molecule has 0 aliphatic carbocycles. The predicted octanol–water partition coefficient (Wildman–Crippen LogP) is 10.2.